The summed E-state index contributed by atoms with van der Waals surface area (Å²) in [4.78, 5) is 0. The van der Waals surface area contributed by atoms with E-state index in [9.17, 15) is 0 Å². The largest absolute Gasteiger partial charge is 0.296 e. The first-order valence-corrected chi connectivity index (χ1v) is 5.54. The molecule has 0 unspecified atom stereocenters. The van der Waals surface area contributed by atoms with Crippen LogP contribution in [0.1, 0.15) is 13.8 Å². The molecule has 0 bridgehead atoms. The molecule has 2 aromatic rings. The minimum absolute atomic E-state index is 0.899. The van der Waals surface area contributed by atoms with Crippen LogP contribution in [0.25, 0.3) is 16.9 Å². The molecule has 1 aromatic heterocycles. The Morgan fingerprint density at radius 3 is 2.65 bits per heavy atom. The Bertz CT molecular complexity index is 551. The molecule has 0 aliphatic heterocycles. The van der Waals surface area contributed by atoms with Crippen molar-refractivity contribution in [3.05, 3.63) is 29.8 Å². The molecule has 0 radical (unpaired) electrons. The molecule has 5 nitrogen and oxygen atoms in total. The molecule has 0 saturated carbocycles. The smallest absolute Gasteiger partial charge is 0.145 e. The van der Waals surface area contributed by atoms with Gasteiger partial charge in [0.2, 0.25) is 0 Å². The number of para-hydroxylation sites is 1. The van der Waals surface area contributed by atoms with Gasteiger partial charge < -0.3 is 0 Å². The minimum Gasteiger partial charge on any atom is -0.296 e. The highest BCUT2D eigenvalue weighted by molar-refractivity contribution is 5.77. The van der Waals surface area contributed by atoms with E-state index in [0.29, 0.717) is 0 Å². The third-order valence-electron chi connectivity index (χ3n) is 2.65. The van der Waals surface area contributed by atoms with Crippen molar-refractivity contribution >= 4 is 16.9 Å². The lowest BCUT2D eigenvalue weighted by atomic mass is 10.3. The van der Waals surface area contributed by atoms with Crippen LogP contribution in [0.5, 0.6) is 0 Å². The molecule has 1 aromatic carbocycles. The molecule has 1 N–H and O–H groups in total. The third kappa shape index (κ3) is 2.01. The lowest BCUT2D eigenvalue weighted by molar-refractivity contribution is 0.360. The van der Waals surface area contributed by atoms with Gasteiger partial charge in [-0.2, -0.15) is 4.68 Å². The summed E-state index contributed by atoms with van der Waals surface area (Å²) in [5.41, 5.74) is 6.15. The maximum atomic E-state index is 4.21. The standard InChI is InChI=1S/C12H17N5/c1-9(2)12(16(4)13-3)17-11-8-6-5-7-10(11)14-15-17/h5-8,13H,1-4H3. The molecule has 0 saturated heterocycles. The topological polar surface area (TPSA) is 46.0 Å². The highest BCUT2D eigenvalue weighted by Gasteiger charge is 2.12. The molecular formula is C12H17N5. The van der Waals surface area contributed by atoms with E-state index >= 15 is 0 Å². The van der Waals surface area contributed by atoms with E-state index in [2.05, 4.69) is 29.6 Å². The van der Waals surface area contributed by atoms with Crippen LogP contribution < -0.4 is 5.43 Å². The summed E-state index contributed by atoms with van der Waals surface area (Å²) in [6.45, 7) is 4.11. The van der Waals surface area contributed by atoms with Crippen molar-refractivity contribution in [3.63, 3.8) is 0 Å². The normalized spacial score (nSPS) is 10.6. The molecule has 0 atom stereocenters. The number of allylic oxidation sites excluding steroid dienone is 1. The van der Waals surface area contributed by atoms with Gasteiger partial charge in [0.05, 0.1) is 5.52 Å². The summed E-state index contributed by atoms with van der Waals surface area (Å²) in [6.07, 6.45) is 0. The zero-order valence-corrected chi connectivity index (χ0v) is 10.6. The van der Waals surface area contributed by atoms with Crippen LogP contribution in [0.15, 0.2) is 29.8 Å². The number of fused-ring (bicyclic) bond motifs is 1. The van der Waals surface area contributed by atoms with Crippen molar-refractivity contribution in [2.24, 2.45) is 0 Å². The Morgan fingerprint density at radius 2 is 2.00 bits per heavy atom. The zero-order chi connectivity index (χ0) is 12.4. The monoisotopic (exact) mass is 231 g/mol. The number of aromatic nitrogens is 3. The Morgan fingerprint density at radius 1 is 1.29 bits per heavy atom. The number of nitrogens with one attached hydrogen (secondary N) is 1. The minimum atomic E-state index is 0.899. The predicted molar refractivity (Wildman–Crippen MR) is 68.9 cm³/mol. The molecule has 1 heterocycles. The fraction of sp³-hybridized carbons (Fsp3) is 0.333. The first kappa shape index (κ1) is 11.6. The molecule has 17 heavy (non-hydrogen) atoms. The fourth-order valence-electron chi connectivity index (χ4n) is 1.82. The van der Waals surface area contributed by atoms with Gasteiger partial charge in [-0.05, 0) is 31.6 Å². The Hall–Kier alpha value is -1.88. The van der Waals surface area contributed by atoms with Crippen LogP contribution >= 0.6 is 0 Å². The number of hydrazine groups is 1. The summed E-state index contributed by atoms with van der Waals surface area (Å²) in [7, 11) is 3.83. The first-order valence-electron chi connectivity index (χ1n) is 5.54. The summed E-state index contributed by atoms with van der Waals surface area (Å²) in [5.74, 6) is 0.987. The van der Waals surface area contributed by atoms with Gasteiger partial charge in [-0.25, -0.2) is 5.43 Å². The van der Waals surface area contributed by atoms with Crippen LogP contribution in [0.3, 0.4) is 0 Å². The van der Waals surface area contributed by atoms with Gasteiger partial charge in [0, 0.05) is 14.1 Å². The van der Waals surface area contributed by atoms with E-state index in [0.717, 1.165) is 22.4 Å². The van der Waals surface area contributed by atoms with Crippen LogP contribution in [-0.2, 0) is 0 Å². The van der Waals surface area contributed by atoms with Gasteiger partial charge in [-0.1, -0.05) is 17.3 Å². The maximum absolute atomic E-state index is 4.21. The van der Waals surface area contributed by atoms with Crippen LogP contribution in [0.4, 0.5) is 0 Å². The Balaban J connectivity index is 2.62. The number of nitrogens with zero attached hydrogens (tertiary/aromatic N) is 4. The zero-order valence-electron chi connectivity index (χ0n) is 10.6. The molecule has 0 amide bonds. The van der Waals surface area contributed by atoms with Crippen molar-refractivity contribution in [2.45, 2.75) is 13.8 Å². The molecule has 90 valence electrons. The van der Waals surface area contributed by atoms with Crippen molar-refractivity contribution in [3.8, 4) is 0 Å². The van der Waals surface area contributed by atoms with Crippen LogP contribution in [0, 0.1) is 0 Å². The van der Waals surface area contributed by atoms with Crippen molar-refractivity contribution in [1.29, 1.82) is 0 Å². The molecule has 2 rings (SSSR count). The second-order valence-electron chi connectivity index (χ2n) is 4.10. The molecule has 5 heteroatoms. The van der Waals surface area contributed by atoms with Crippen LogP contribution in [0.2, 0.25) is 0 Å². The van der Waals surface area contributed by atoms with Gasteiger partial charge in [-0.3, -0.25) is 5.01 Å². The number of benzene rings is 1. The Labute approximate surface area is 101 Å². The average molecular weight is 231 g/mol. The average Bonchev–Trinajstić information content (AvgIpc) is 2.73. The van der Waals surface area contributed by atoms with E-state index in [1.807, 2.05) is 48.1 Å². The summed E-state index contributed by atoms with van der Waals surface area (Å²) < 4.78 is 1.85. The van der Waals surface area contributed by atoms with Crippen LogP contribution in [-0.4, -0.2) is 34.1 Å². The molecule has 0 fully saturated rings. The van der Waals surface area contributed by atoms with E-state index in [4.69, 9.17) is 0 Å². The highest BCUT2D eigenvalue weighted by atomic mass is 15.6. The lowest BCUT2D eigenvalue weighted by Gasteiger charge is -2.22. The SMILES string of the molecule is CNN(C)C(=C(C)C)n1nnc2ccccc21. The Kier molecular flexibility index (Phi) is 3.10. The molecule has 0 spiro atoms. The van der Waals surface area contributed by atoms with Crippen molar-refractivity contribution in [2.75, 3.05) is 14.1 Å². The first-order chi connectivity index (χ1) is 8.15. The van der Waals surface area contributed by atoms with Crippen molar-refractivity contribution in [1.82, 2.24) is 25.4 Å². The summed E-state index contributed by atoms with van der Waals surface area (Å²) >= 11 is 0. The summed E-state index contributed by atoms with van der Waals surface area (Å²) in [5, 5.41) is 10.3. The number of hydrogen-bond acceptors (Lipinski definition) is 4. The van der Waals surface area contributed by atoms with Gasteiger partial charge in [0.15, 0.2) is 0 Å². The van der Waals surface area contributed by atoms with E-state index in [1.54, 1.807) is 0 Å². The second kappa shape index (κ2) is 4.55. The van der Waals surface area contributed by atoms with Gasteiger partial charge in [-0.15, -0.1) is 5.10 Å². The van der Waals surface area contributed by atoms with E-state index < -0.39 is 0 Å². The van der Waals surface area contributed by atoms with E-state index in [-0.39, 0.29) is 0 Å². The van der Waals surface area contributed by atoms with Gasteiger partial charge in [0.1, 0.15) is 11.3 Å². The second-order valence-corrected chi connectivity index (χ2v) is 4.10. The molecular weight excluding hydrogens is 214 g/mol. The fourth-order valence-corrected chi connectivity index (χ4v) is 1.82. The summed E-state index contributed by atoms with van der Waals surface area (Å²) in [6, 6.07) is 7.93. The van der Waals surface area contributed by atoms with E-state index in [1.165, 1.54) is 0 Å². The lowest BCUT2D eigenvalue weighted by Crippen LogP contribution is -2.32. The highest BCUT2D eigenvalue weighted by Crippen LogP contribution is 2.18. The quantitative estimate of drug-likeness (QED) is 0.817. The molecule has 0 aliphatic rings. The maximum Gasteiger partial charge on any atom is 0.145 e. The third-order valence-corrected chi connectivity index (χ3v) is 2.65. The van der Waals surface area contributed by atoms with Crippen molar-refractivity contribution < 1.29 is 0 Å². The van der Waals surface area contributed by atoms with Gasteiger partial charge >= 0.3 is 0 Å². The van der Waals surface area contributed by atoms with Gasteiger partial charge in [0.25, 0.3) is 0 Å². The number of rotatable bonds is 3. The predicted octanol–water partition coefficient (Wildman–Crippen LogP) is 1.71. The molecule has 0 aliphatic carbocycles. The number of hydrogen-bond donors (Lipinski definition) is 1.